The van der Waals surface area contributed by atoms with Crippen molar-refractivity contribution in [2.45, 2.75) is 49.2 Å². The molecule has 248 valence electrons. The Morgan fingerprint density at radius 2 is 1.76 bits per heavy atom. The molecule has 0 radical (unpaired) electrons. The SMILES string of the molecule is Nc1nc(N)c2ncn(C3OC(COP(=O)(O)OC4C(O)C(CO)CC4n4cnc5c(=O)[nH]c(N)nc54)C(O[P+](=O)O)C3O)c2n1. The highest BCUT2D eigenvalue weighted by molar-refractivity contribution is 7.47. The lowest BCUT2D eigenvalue weighted by atomic mass is 10.1. The van der Waals surface area contributed by atoms with Gasteiger partial charge in [-0.15, -0.1) is 9.42 Å². The molecule has 23 nitrogen and oxygen atoms in total. The molecule has 4 aromatic rings. The fourth-order valence-corrected chi connectivity index (χ4v) is 7.10. The van der Waals surface area contributed by atoms with Gasteiger partial charge >= 0.3 is 16.1 Å². The van der Waals surface area contributed by atoms with Crippen LogP contribution in [0.1, 0.15) is 18.7 Å². The summed E-state index contributed by atoms with van der Waals surface area (Å²) in [6, 6.07) is -0.977. The van der Waals surface area contributed by atoms with Crippen molar-refractivity contribution in [1.82, 2.24) is 39.0 Å². The zero-order valence-electron chi connectivity index (χ0n) is 23.2. The van der Waals surface area contributed by atoms with Crippen molar-refractivity contribution in [3.8, 4) is 0 Å². The molecule has 10 unspecified atom stereocenters. The highest BCUT2D eigenvalue weighted by Gasteiger charge is 2.52. The summed E-state index contributed by atoms with van der Waals surface area (Å²) in [7, 11) is -8.41. The van der Waals surface area contributed by atoms with Gasteiger partial charge in [0.15, 0.2) is 35.0 Å². The van der Waals surface area contributed by atoms with Crippen molar-refractivity contribution < 1.29 is 52.5 Å². The maximum Gasteiger partial charge on any atom is 0.695 e. The molecule has 0 aromatic carbocycles. The lowest BCUT2D eigenvalue weighted by Gasteiger charge is -2.26. The second-order valence-electron chi connectivity index (χ2n) is 10.5. The number of hydrogen-bond donors (Lipinski definition) is 9. The van der Waals surface area contributed by atoms with Gasteiger partial charge in [-0.2, -0.15) is 15.0 Å². The molecule has 0 spiro atoms. The smallest absolute Gasteiger partial charge is 0.396 e. The third-order valence-corrected chi connectivity index (χ3v) is 9.11. The van der Waals surface area contributed by atoms with Gasteiger partial charge in [0.05, 0.1) is 31.4 Å². The minimum Gasteiger partial charge on any atom is -0.396 e. The molecule has 1 saturated carbocycles. The number of hydrogen-bond acceptors (Lipinski definition) is 18. The number of anilines is 3. The van der Waals surface area contributed by atoms with E-state index in [1.165, 1.54) is 21.8 Å². The van der Waals surface area contributed by atoms with Gasteiger partial charge in [0.1, 0.15) is 23.8 Å². The number of nitrogens with one attached hydrogen (secondary N) is 1. The Kier molecular flexibility index (Phi) is 8.50. The maximum atomic E-state index is 13.2. The first-order valence-electron chi connectivity index (χ1n) is 13.4. The van der Waals surface area contributed by atoms with Crippen molar-refractivity contribution >= 4 is 56.1 Å². The zero-order valence-corrected chi connectivity index (χ0v) is 25.0. The number of ether oxygens (including phenoxy) is 1. The Bertz CT molecular complexity index is 1900. The predicted octanol–water partition coefficient (Wildman–Crippen LogP) is -2.58. The van der Waals surface area contributed by atoms with Gasteiger partial charge in [-0.05, 0) is 6.42 Å². The lowest BCUT2D eigenvalue weighted by Crippen LogP contribution is -2.35. The van der Waals surface area contributed by atoms with Gasteiger partial charge in [-0.1, -0.05) is 0 Å². The molecular formula is C21H28N11O12P2+. The highest BCUT2D eigenvalue weighted by Crippen LogP contribution is 2.51. The number of aliphatic hydroxyl groups excluding tert-OH is 3. The minimum absolute atomic E-state index is 0.00219. The fraction of sp³-hybridized carbons (Fsp3) is 0.524. The van der Waals surface area contributed by atoms with Crippen molar-refractivity contribution in [2.75, 3.05) is 30.4 Å². The Morgan fingerprint density at radius 3 is 2.48 bits per heavy atom. The van der Waals surface area contributed by atoms with E-state index in [-0.39, 0.29) is 46.5 Å². The maximum absolute atomic E-state index is 13.2. The normalized spacial score (nSPS) is 29.9. The van der Waals surface area contributed by atoms with Gasteiger partial charge in [-0.3, -0.25) is 23.4 Å². The highest BCUT2D eigenvalue weighted by atomic mass is 31.2. The van der Waals surface area contributed by atoms with Crippen molar-refractivity contribution in [1.29, 1.82) is 0 Å². The van der Waals surface area contributed by atoms with E-state index in [9.17, 15) is 39.0 Å². The first kappa shape index (κ1) is 32.2. The number of nitrogens with two attached hydrogens (primary N) is 3. The van der Waals surface area contributed by atoms with Crippen LogP contribution in [0.2, 0.25) is 0 Å². The molecule has 1 aliphatic carbocycles. The quantitative estimate of drug-likeness (QED) is 0.0772. The van der Waals surface area contributed by atoms with Crippen LogP contribution in [-0.4, -0.2) is 108 Å². The van der Waals surface area contributed by atoms with E-state index in [1.807, 2.05) is 0 Å². The third-order valence-electron chi connectivity index (χ3n) is 7.70. The summed E-state index contributed by atoms with van der Waals surface area (Å²) in [5, 5.41) is 31.7. The van der Waals surface area contributed by atoms with E-state index in [0.717, 1.165) is 0 Å². The summed E-state index contributed by atoms with van der Waals surface area (Å²) in [6.07, 6.45) is -6.65. The number of rotatable bonds is 10. The van der Waals surface area contributed by atoms with Crippen LogP contribution in [0.3, 0.4) is 0 Å². The minimum atomic E-state index is -5.11. The molecule has 4 aromatic heterocycles. The van der Waals surface area contributed by atoms with Crippen LogP contribution in [0.5, 0.6) is 0 Å². The fourth-order valence-electron chi connectivity index (χ4n) is 5.66. The zero-order chi connectivity index (χ0) is 33.1. The molecule has 10 atom stereocenters. The number of nitrogen functional groups attached to an aromatic ring is 3. The number of imidazole rings is 2. The average molecular weight is 688 g/mol. The molecule has 1 aliphatic heterocycles. The topological polar surface area (TPSA) is 357 Å². The van der Waals surface area contributed by atoms with E-state index in [0.29, 0.717) is 0 Å². The third kappa shape index (κ3) is 5.82. The van der Waals surface area contributed by atoms with Gasteiger partial charge < -0.3 is 46.7 Å². The van der Waals surface area contributed by atoms with E-state index in [1.54, 1.807) is 0 Å². The van der Waals surface area contributed by atoms with Crippen molar-refractivity contribution in [3.63, 3.8) is 0 Å². The van der Waals surface area contributed by atoms with E-state index in [2.05, 4.69) is 29.9 Å². The van der Waals surface area contributed by atoms with Crippen molar-refractivity contribution in [3.05, 3.63) is 23.0 Å². The summed E-state index contributed by atoms with van der Waals surface area (Å²) >= 11 is 0. The van der Waals surface area contributed by atoms with Gasteiger partial charge in [-0.25, -0.2) is 14.5 Å². The number of H-pyrrole nitrogens is 1. The Morgan fingerprint density at radius 1 is 1.07 bits per heavy atom. The molecule has 2 fully saturated rings. The molecule has 5 heterocycles. The second-order valence-corrected chi connectivity index (χ2v) is 12.6. The average Bonchev–Trinajstić information content (AvgIpc) is 3.73. The van der Waals surface area contributed by atoms with Crippen LogP contribution in [0.25, 0.3) is 22.3 Å². The van der Waals surface area contributed by atoms with E-state index in [4.69, 9.17) is 35.5 Å². The second kappa shape index (κ2) is 12.1. The molecule has 46 heavy (non-hydrogen) atoms. The molecule has 25 heteroatoms. The van der Waals surface area contributed by atoms with Crippen LogP contribution in [0.4, 0.5) is 17.7 Å². The monoisotopic (exact) mass is 688 g/mol. The van der Waals surface area contributed by atoms with Crippen LogP contribution in [0.15, 0.2) is 17.4 Å². The standard InChI is InChI=1S/C21H27N11O12P2/c22-15-9-16(28-20(23)27-15)32(5-25-9)19-12(35)14(43-45(37)38)8(42-19)3-41-46(39,40)44-13-7(1-6(2-33)11(13)34)31-4-26-10-17(31)29-21(24)30-18(10)36/h4-8,11-14,19,33-35H,1-3H2,(H8-,22,23,24,27,28,29,30,36,37,38,39,40)/p+1. The number of fused-ring (bicyclic) bond motifs is 2. The molecule has 0 bridgehead atoms. The molecule has 12 N–H and O–H groups in total. The number of aromatic amines is 1. The van der Waals surface area contributed by atoms with Gasteiger partial charge in [0.25, 0.3) is 5.56 Å². The summed E-state index contributed by atoms with van der Waals surface area (Å²) in [4.78, 5) is 54.7. The Labute approximate surface area is 256 Å². The van der Waals surface area contributed by atoms with Gasteiger partial charge in [0, 0.05) is 17.1 Å². The number of phosphoric ester groups is 1. The van der Waals surface area contributed by atoms with Crippen LogP contribution in [-0.2, 0) is 27.4 Å². The summed E-state index contributed by atoms with van der Waals surface area (Å²) in [5.41, 5.74) is 16.6. The molecule has 1 saturated heterocycles. The first-order valence-corrected chi connectivity index (χ1v) is 16.0. The number of aliphatic hydroxyl groups is 3. The first-order chi connectivity index (χ1) is 21.8. The van der Waals surface area contributed by atoms with Gasteiger partial charge in [0.2, 0.25) is 11.9 Å². The summed E-state index contributed by atoms with van der Waals surface area (Å²) in [5.74, 6) is -1.33. The van der Waals surface area contributed by atoms with Crippen molar-refractivity contribution in [2.24, 2.45) is 5.92 Å². The van der Waals surface area contributed by atoms with E-state index >= 15 is 0 Å². The van der Waals surface area contributed by atoms with Crippen LogP contribution < -0.4 is 22.8 Å². The summed E-state index contributed by atoms with van der Waals surface area (Å²) < 4.78 is 48.6. The predicted molar refractivity (Wildman–Crippen MR) is 152 cm³/mol. The molecule has 6 rings (SSSR count). The van der Waals surface area contributed by atoms with E-state index < -0.39 is 83.6 Å². The molecule has 2 aliphatic rings. The van der Waals surface area contributed by atoms with Crippen LogP contribution in [0, 0.1) is 5.92 Å². The molecule has 0 amide bonds. The number of phosphoric acid groups is 1. The summed E-state index contributed by atoms with van der Waals surface area (Å²) in [6.45, 7) is -1.35. The Hall–Kier alpha value is -3.73. The van der Waals surface area contributed by atoms with Crippen LogP contribution >= 0.6 is 16.1 Å². The number of aromatic nitrogens is 8. The molecular weight excluding hydrogens is 660 g/mol. The largest absolute Gasteiger partial charge is 0.695 e. The lowest BCUT2D eigenvalue weighted by molar-refractivity contribution is -0.0560. The number of nitrogens with zero attached hydrogens (tertiary/aromatic N) is 7. The Balaban J connectivity index is 1.23.